The van der Waals surface area contributed by atoms with Gasteiger partial charge in [-0.1, -0.05) is 28.8 Å². The van der Waals surface area contributed by atoms with Gasteiger partial charge in [0.25, 0.3) is 5.24 Å². The number of hydrogen-bond acceptors (Lipinski definition) is 2. The van der Waals surface area contributed by atoms with Crippen LogP contribution in [0.25, 0.3) is 0 Å². The van der Waals surface area contributed by atoms with Crippen molar-refractivity contribution >= 4 is 32.8 Å². The first-order chi connectivity index (χ1) is 8.24. The van der Waals surface area contributed by atoms with E-state index in [1.165, 1.54) is 19.3 Å². The molecule has 1 rings (SSSR count). The molecule has 0 unspecified atom stereocenters. The molecular formula is C13H16BrClO2. The highest BCUT2D eigenvalue weighted by molar-refractivity contribution is 9.09. The number of carbonyl (C=O) groups excluding carboxylic acids is 1. The van der Waals surface area contributed by atoms with Crippen molar-refractivity contribution in [2.75, 3.05) is 11.9 Å². The average Bonchev–Trinajstić information content (AvgIpc) is 2.34. The van der Waals surface area contributed by atoms with Crippen LogP contribution in [0.5, 0.6) is 5.75 Å². The smallest absolute Gasteiger partial charge is 0.252 e. The number of ether oxygens (including phenoxy) is 1. The van der Waals surface area contributed by atoms with Crippen LogP contribution in [0, 0.1) is 0 Å². The van der Waals surface area contributed by atoms with E-state index in [-0.39, 0.29) is 0 Å². The lowest BCUT2D eigenvalue weighted by Crippen LogP contribution is -1.98. The average molecular weight is 320 g/mol. The molecule has 0 aromatic heterocycles. The Morgan fingerprint density at radius 2 is 1.76 bits per heavy atom. The highest BCUT2D eigenvalue weighted by Crippen LogP contribution is 2.14. The van der Waals surface area contributed by atoms with Crippen LogP contribution in [-0.2, 0) is 0 Å². The van der Waals surface area contributed by atoms with E-state index in [9.17, 15) is 4.79 Å². The van der Waals surface area contributed by atoms with Crippen LogP contribution >= 0.6 is 27.5 Å². The van der Waals surface area contributed by atoms with Gasteiger partial charge in [-0.05, 0) is 48.7 Å². The first kappa shape index (κ1) is 14.5. The predicted octanol–water partition coefficient (Wildman–Crippen LogP) is 4.40. The quantitative estimate of drug-likeness (QED) is 0.403. The van der Waals surface area contributed by atoms with Crippen molar-refractivity contribution in [2.24, 2.45) is 0 Å². The zero-order valence-corrected chi connectivity index (χ0v) is 12.0. The fourth-order valence-corrected chi connectivity index (χ4v) is 1.94. The Hall–Kier alpha value is -0.540. The number of carbonyl (C=O) groups is 1. The molecule has 0 radical (unpaired) electrons. The maximum atomic E-state index is 10.8. The number of unbranched alkanes of at least 4 members (excludes halogenated alkanes) is 3. The van der Waals surface area contributed by atoms with Crippen molar-refractivity contribution in [3.63, 3.8) is 0 Å². The maximum Gasteiger partial charge on any atom is 0.252 e. The summed E-state index contributed by atoms with van der Waals surface area (Å²) in [6.07, 6.45) is 4.69. The molecule has 0 amide bonds. The van der Waals surface area contributed by atoms with Crippen molar-refractivity contribution in [2.45, 2.75) is 25.7 Å². The van der Waals surface area contributed by atoms with E-state index < -0.39 is 5.24 Å². The van der Waals surface area contributed by atoms with E-state index in [0.29, 0.717) is 5.56 Å². The normalized spacial score (nSPS) is 10.2. The first-order valence-corrected chi connectivity index (χ1v) is 7.22. The molecule has 0 fully saturated rings. The fourth-order valence-electron chi connectivity index (χ4n) is 1.42. The van der Waals surface area contributed by atoms with E-state index >= 15 is 0 Å². The molecule has 0 bridgehead atoms. The first-order valence-electron chi connectivity index (χ1n) is 5.72. The van der Waals surface area contributed by atoms with Gasteiger partial charge in [0.15, 0.2) is 0 Å². The van der Waals surface area contributed by atoms with Crippen LogP contribution in [0.15, 0.2) is 24.3 Å². The molecule has 1 aromatic rings. The van der Waals surface area contributed by atoms with Crippen LogP contribution in [0.4, 0.5) is 0 Å². The highest BCUT2D eigenvalue weighted by Gasteiger charge is 2.01. The minimum atomic E-state index is -0.439. The van der Waals surface area contributed by atoms with Gasteiger partial charge in [-0.2, -0.15) is 0 Å². The van der Waals surface area contributed by atoms with Gasteiger partial charge in [-0.15, -0.1) is 0 Å². The lowest BCUT2D eigenvalue weighted by molar-refractivity contribution is 0.108. The zero-order chi connectivity index (χ0) is 12.5. The Labute approximate surface area is 115 Å². The van der Waals surface area contributed by atoms with E-state index in [0.717, 1.165) is 24.1 Å². The monoisotopic (exact) mass is 318 g/mol. The number of rotatable bonds is 8. The second-order valence-corrected chi connectivity index (χ2v) is 4.89. The molecule has 17 heavy (non-hydrogen) atoms. The van der Waals surface area contributed by atoms with Crippen molar-refractivity contribution in [3.8, 4) is 5.75 Å². The van der Waals surface area contributed by atoms with E-state index in [2.05, 4.69) is 15.9 Å². The van der Waals surface area contributed by atoms with Gasteiger partial charge in [-0.3, -0.25) is 4.79 Å². The lowest BCUT2D eigenvalue weighted by atomic mass is 10.2. The van der Waals surface area contributed by atoms with Gasteiger partial charge in [0.05, 0.1) is 6.61 Å². The zero-order valence-electron chi connectivity index (χ0n) is 9.62. The van der Waals surface area contributed by atoms with Crippen LogP contribution < -0.4 is 4.74 Å². The molecule has 0 spiro atoms. The third-order valence-electron chi connectivity index (χ3n) is 2.38. The Kier molecular flexibility index (Phi) is 7.29. The molecule has 0 aliphatic rings. The highest BCUT2D eigenvalue weighted by atomic mass is 79.9. The molecular weight excluding hydrogens is 303 g/mol. The topological polar surface area (TPSA) is 26.3 Å². The van der Waals surface area contributed by atoms with Crippen LogP contribution in [0.3, 0.4) is 0 Å². The molecule has 0 aliphatic heterocycles. The lowest BCUT2D eigenvalue weighted by Gasteiger charge is -2.06. The van der Waals surface area contributed by atoms with Crippen molar-refractivity contribution < 1.29 is 9.53 Å². The van der Waals surface area contributed by atoms with E-state index in [1.807, 2.05) is 0 Å². The summed E-state index contributed by atoms with van der Waals surface area (Å²) in [5.74, 6) is 0.784. The standard InChI is InChI=1S/C13H16BrClO2/c14-9-3-1-2-4-10-17-12-7-5-11(6-8-12)13(15)16/h5-8H,1-4,9-10H2. The van der Waals surface area contributed by atoms with E-state index in [1.54, 1.807) is 24.3 Å². The molecule has 2 nitrogen and oxygen atoms in total. The van der Waals surface area contributed by atoms with Crippen molar-refractivity contribution in [1.82, 2.24) is 0 Å². The minimum Gasteiger partial charge on any atom is -0.494 e. The van der Waals surface area contributed by atoms with Gasteiger partial charge >= 0.3 is 0 Å². The maximum absolute atomic E-state index is 10.8. The third-order valence-corrected chi connectivity index (χ3v) is 3.16. The van der Waals surface area contributed by atoms with Gasteiger partial charge < -0.3 is 4.74 Å². The molecule has 94 valence electrons. The van der Waals surface area contributed by atoms with Crippen LogP contribution in [-0.4, -0.2) is 17.2 Å². The third kappa shape index (κ3) is 6.08. The Balaban J connectivity index is 2.21. The van der Waals surface area contributed by atoms with Crippen molar-refractivity contribution in [3.05, 3.63) is 29.8 Å². The molecule has 0 aliphatic carbocycles. The SMILES string of the molecule is O=C(Cl)c1ccc(OCCCCCCBr)cc1. The summed E-state index contributed by atoms with van der Waals surface area (Å²) < 4.78 is 5.55. The molecule has 4 heteroatoms. The van der Waals surface area contributed by atoms with Gasteiger partial charge in [-0.25, -0.2) is 0 Å². The summed E-state index contributed by atoms with van der Waals surface area (Å²) in [6, 6.07) is 6.90. The Morgan fingerprint density at radius 3 is 2.35 bits per heavy atom. The summed E-state index contributed by atoms with van der Waals surface area (Å²) in [5.41, 5.74) is 0.497. The number of benzene rings is 1. The Bertz CT molecular complexity index is 338. The molecule has 0 atom stereocenters. The molecule has 0 saturated heterocycles. The number of hydrogen-bond donors (Lipinski definition) is 0. The summed E-state index contributed by atoms with van der Waals surface area (Å²) in [7, 11) is 0. The predicted molar refractivity (Wildman–Crippen MR) is 74.4 cm³/mol. The van der Waals surface area contributed by atoms with Gasteiger partial charge in [0.1, 0.15) is 5.75 Å². The minimum absolute atomic E-state index is 0.439. The summed E-state index contributed by atoms with van der Waals surface area (Å²) in [4.78, 5) is 10.8. The van der Waals surface area contributed by atoms with Crippen LogP contribution in [0.1, 0.15) is 36.0 Å². The fraction of sp³-hybridized carbons (Fsp3) is 0.462. The van der Waals surface area contributed by atoms with Gasteiger partial charge in [0.2, 0.25) is 0 Å². The molecule has 1 aromatic carbocycles. The molecule has 0 heterocycles. The largest absolute Gasteiger partial charge is 0.494 e. The van der Waals surface area contributed by atoms with E-state index in [4.69, 9.17) is 16.3 Å². The summed E-state index contributed by atoms with van der Waals surface area (Å²) >= 11 is 8.75. The second kappa shape index (κ2) is 8.54. The van der Waals surface area contributed by atoms with Crippen LogP contribution in [0.2, 0.25) is 0 Å². The Morgan fingerprint density at radius 1 is 1.12 bits per heavy atom. The summed E-state index contributed by atoms with van der Waals surface area (Å²) in [5, 5.41) is 0.633. The van der Waals surface area contributed by atoms with Crippen molar-refractivity contribution in [1.29, 1.82) is 0 Å². The summed E-state index contributed by atoms with van der Waals surface area (Å²) in [6.45, 7) is 0.719. The number of halogens is 2. The molecule has 0 N–H and O–H groups in total. The second-order valence-electron chi connectivity index (χ2n) is 3.75. The van der Waals surface area contributed by atoms with Gasteiger partial charge in [0, 0.05) is 10.9 Å². The molecule has 0 saturated carbocycles. The number of alkyl halides is 1.